The maximum atomic E-state index is 12.5. The second kappa shape index (κ2) is 7.79. The fourth-order valence-electron chi connectivity index (χ4n) is 3.05. The number of hydrogen-bond acceptors (Lipinski definition) is 4. The van der Waals surface area contributed by atoms with Gasteiger partial charge in [-0.15, -0.1) is 0 Å². The van der Waals surface area contributed by atoms with Crippen molar-refractivity contribution in [2.75, 3.05) is 13.1 Å². The van der Waals surface area contributed by atoms with Gasteiger partial charge in [0.1, 0.15) is 6.54 Å². The third kappa shape index (κ3) is 4.14. The fraction of sp³-hybridized carbons (Fsp3) is 0.529. The highest BCUT2D eigenvalue weighted by atomic mass is 32.2. The number of nitrogens with zero attached hydrogens (tertiary/aromatic N) is 1. The maximum Gasteiger partial charge on any atom is 0.323 e. The van der Waals surface area contributed by atoms with Gasteiger partial charge in [-0.3, -0.25) is 9.59 Å². The minimum Gasteiger partial charge on any atom is -0.480 e. The van der Waals surface area contributed by atoms with Crippen LogP contribution in [0.1, 0.15) is 49.4 Å². The van der Waals surface area contributed by atoms with Crippen molar-refractivity contribution in [3.8, 4) is 0 Å². The Morgan fingerprint density at radius 2 is 1.75 bits per heavy atom. The van der Waals surface area contributed by atoms with Crippen LogP contribution in [0.15, 0.2) is 29.2 Å². The van der Waals surface area contributed by atoms with E-state index in [2.05, 4.69) is 0 Å². The largest absolute Gasteiger partial charge is 0.480 e. The topological polar surface area (TPSA) is 91.8 Å². The summed E-state index contributed by atoms with van der Waals surface area (Å²) in [6.07, 6.45) is 3.88. The van der Waals surface area contributed by atoms with Crippen LogP contribution in [0.3, 0.4) is 0 Å². The zero-order valence-electron chi connectivity index (χ0n) is 13.8. The summed E-state index contributed by atoms with van der Waals surface area (Å²) < 4.78 is 25.0. The van der Waals surface area contributed by atoms with E-state index >= 15 is 0 Å². The molecule has 0 aromatic heterocycles. The minimum atomic E-state index is -3.35. The average Bonchev–Trinajstić information content (AvgIpc) is 3.09. The molecule has 24 heavy (non-hydrogen) atoms. The highest BCUT2D eigenvalue weighted by molar-refractivity contribution is 7.92. The molecule has 1 aliphatic carbocycles. The lowest BCUT2D eigenvalue weighted by Crippen LogP contribution is -2.36. The number of carbonyl (C=O) groups excluding carboxylic acids is 1. The second-order valence-electron chi connectivity index (χ2n) is 6.10. The Balaban J connectivity index is 2.18. The van der Waals surface area contributed by atoms with Gasteiger partial charge in [-0.25, -0.2) is 8.42 Å². The SMILES string of the molecule is CCCN(CC(=O)O)C(=O)c1ccc(S(=O)(=O)C2CCCC2)cc1. The van der Waals surface area contributed by atoms with Crippen LogP contribution in [0.2, 0.25) is 0 Å². The van der Waals surface area contributed by atoms with Crippen LogP contribution in [0.4, 0.5) is 0 Å². The predicted molar refractivity (Wildman–Crippen MR) is 89.7 cm³/mol. The van der Waals surface area contributed by atoms with E-state index in [1.165, 1.54) is 29.2 Å². The highest BCUT2D eigenvalue weighted by Crippen LogP contribution is 2.29. The molecule has 1 aromatic carbocycles. The van der Waals surface area contributed by atoms with Crippen LogP contribution in [-0.2, 0) is 14.6 Å². The zero-order chi connectivity index (χ0) is 17.7. The van der Waals surface area contributed by atoms with Gasteiger partial charge in [-0.2, -0.15) is 0 Å². The molecule has 0 spiro atoms. The lowest BCUT2D eigenvalue weighted by molar-refractivity contribution is -0.137. The molecule has 0 atom stereocenters. The van der Waals surface area contributed by atoms with Crippen molar-refractivity contribution in [3.63, 3.8) is 0 Å². The monoisotopic (exact) mass is 353 g/mol. The van der Waals surface area contributed by atoms with Gasteiger partial charge in [-0.1, -0.05) is 19.8 Å². The Morgan fingerprint density at radius 1 is 1.17 bits per heavy atom. The number of carbonyl (C=O) groups is 2. The number of amides is 1. The molecule has 0 bridgehead atoms. The van der Waals surface area contributed by atoms with Crippen molar-refractivity contribution >= 4 is 21.7 Å². The summed E-state index contributed by atoms with van der Waals surface area (Å²) in [6.45, 7) is 1.83. The maximum absolute atomic E-state index is 12.5. The van der Waals surface area contributed by atoms with Crippen LogP contribution in [0.5, 0.6) is 0 Å². The highest BCUT2D eigenvalue weighted by Gasteiger charge is 2.30. The Bertz CT molecular complexity index is 690. The lowest BCUT2D eigenvalue weighted by atomic mass is 10.2. The quantitative estimate of drug-likeness (QED) is 0.812. The van der Waals surface area contributed by atoms with E-state index in [-0.39, 0.29) is 16.7 Å². The van der Waals surface area contributed by atoms with Crippen molar-refractivity contribution in [2.24, 2.45) is 0 Å². The number of aliphatic carboxylic acids is 1. The third-order valence-corrected chi connectivity index (χ3v) is 6.56. The number of sulfone groups is 1. The molecule has 0 aliphatic heterocycles. The fourth-order valence-corrected chi connectivity index (χ4v) is 4.90. The summed E-state index contributed by atoms with van der Waals surface area (Å²) in [6, 6.07) is 5.83. The second-order valence-corrected chi connectivity index (χ2v) is 8.32. The molecule has 1 aliphatic rings. The number of carboxylic acids is 1. The molecule has 7 heteroatoms. The predicted octanol–water partition coefficient (Wildman–Crippen LogP) is 2.34. The van der Waals surface area contributed by atoms with Crippen molar-refractivity contribution < 1.29 is 23.1 Å². The van der Waals surface area contributed by atoms with Crippen LogP contribution >= 0.6 is 0 Å². The van der Waals surface area contributed by atoms with E-state index in [1.807, 2.05) is 6.92 Å². The van der Waals surface area contributed by atoms with Crippen LogP contribution in [-0.4, -0.2) is 48.6 Å². The Morgan fingerprint density at radius 3 is 2.25 bits per heavy atom. The molecule has 132 valence electrons. The van der Waals surface area contributed by atoms with Crippen LogP contribution in [0.25, 0.3) is 0 Å². The molecule has 1 saturated carbocycles. The Kier molecular flexibility index (Phi) is 5.99. The summed E-state index contributed by atoms with van der Waals surface area (Å²) in [5.41, 5.74) is 0.301. The first-order valence-corrected chi connectivity index (χ1v) is 9.76. The zero-order valence-corrected chi connectivity index (χ0v) is 14.6. The molecule has 0 saturated heterocycles. The number of hydrogen-bond donors (Lipinski definition) is 1. The summed E-state index contributed by atoms with van der Waals surface area (Å²) in [4.78, 5) is 24.8. The van der Waals surface area contributed by atoms with E-state index < -0.39 is 21.7 Å². The Hall–Kier alpha value is -1.89. The number of carboxylic acid groups (broad SMARTS) is 1. The Labute approximate surface area is 142 Å². The minimum absolute atomic E-state index is 0.228. The van der Waals surface area contributed by atoms with Crippen molar-refractivity contribution in [1.29, 1.82) is 0 Å². The van der Waals surface area contributed by atoms with E-state index in [9.17, 15) is 18.0 Å². The first-order valence-electron chi connectivity index (χ1n) is 8.21. The number of benzene rings is 1. The smallest absolute Gasteiger partial charge is 0.323 e. The van der Waals surface area contributed by atoms with Gasteiger partial charge in [0, 0.05) is 12.1 Å². The molecule has 0 radical (unpaired) electrons. The average molecular weight is 353 g/mol. The normalized spacial score (nSPS) is 15.4. The van der Waals surface area contributed by atoms with Crippen molar-refractivity contribution in [2.45, 2.75) is 49.2 Å². The van der Waals surface area contributed by atoms with Gasteiger partial charge < -0.3 is 10.0 Å². The first kappa shape index (κ1) is 18.4. The molecular formula is C17H23NO5S. The summed E-state index contributed by atoms with van der Waals surface area (Å²) in [5.74, 6) is -1.47. The molecule has 0 unspecified atom stereocenters. The van der Waals surface area contributed by atoms with Gasteiger partial charge in [0.05, 0.1) is 10.1 Å². The van der Waals surface area contributed by atoms with Gasteiger partial charge in [0.2, 0.25) is 0 Å². The van der Waals surface area contributed by atoms with E-state index in [0.717, 1.165) is 12.8 Å². The van der Waals surface area contributed by atoms with Gasteiger partial charge in [0.25, 0.3) is 5.91 Å². The first-order chi connectivity index (χ1) is 11.4. The molecule has 1 fully saturated rings. The molecule has 6 nitrogen and oxygen atoms in total. The molecule has 1 aromatic rings. The van der Waals surface area contributed by atoms with Gasteiger partial charge in [0.15, 0.2) is 9.84 Å². The molecule has 1 amide bonds. The third-order valence-electron chi connectivity index (χ3n) is 4.28. The standard InChI is InChI=1S/C17H23NO5S/c1-2-11-18(12-16(19)20)17(21)13-7-9-15(10-8-13)24(22,23)14-5-3-4-6-14/h7-10,14H,2-6,11-12H2,1H3,(H,19,20). The van der Waals surface area contributed by atoms with Crippen molar-refractivity contribution in [1.82, 2.24) is 4.90 Å². The summed E-state index contributed by atoms with van der Waals surface area (Å²) >= 11 is 0. The van der Waals surface area contributed by atoms with Crippen molar-refractivity contribution in [3.05, 3.63) is 29.8 Å². The van der Waals surface area contributed by atoms with Gasteiger partial charge in [-0.05, 0) is 43.5 Å². The van der Waals surface area contributed by atoms with E-state index in [4.69, 9.17) is 5.11 Å². The van der Waals surface area contributed by atoms with Crippen LogP contribution < -0.4 is 0 Å². The molecule has 2 rings (SSSR count). The van der Waals surface area contributed by atoms with Gasteiger partial charge >= 0.3 is 5.97 Å². The van der Waals surface area contributed by atoms with E-state index in [1.54, 1.807) is 0 Å². The lowest BCUT2D eigenvalue weighted by Gasteiger charge is -2.20. The van der Waals surface area contributed by atoms with Crippen LogP contribution in [0, 0.1) is 0 Å². The molecule has 1 N–H and O–H groups in total. The molecular weight excluding hydrogens is 330 g/mol. The number of rotatable bonds is 7. The van der Waals surface area contributed by atoms with E-state index in [0.29, 0.717) is 31.4 Å². The molecule has 0 heterocycles. The summed E-state index contributed by atoms with van der Waals surface area (Å²) in [7, 11) is -3.35. The summed E-state index contributed by atoms with van der Waals surface area (Å²) in [5, 5.41) is 8.57.